The third-order valence-electron chi connectivity index (χ3n) is 0.739. The van der Waals surface area contributed by atoms with Gasteiger partial charge < -0.3 is 0 Å². The second-order valence-corrected chi connectivity index (χ2v) is 3.56. The van der Waals surface area contributed by atoms with Crippen LogP contribution < -0.4 is 0 Å². The van der Waals surface area contributed by atoms with E-state index in [0.717, 1.165) is 11.7 Å². The van der Waals surface area contributed by atoms with Crippen LogP contribution in [0.5, 0.6) is 0 Å². The summed E-state index contributed by atoms with van der Waals surface area (Å²) in [7, 11) is 0. The molecule has 0 aromatic heterocycles. The fourth-order valence-corrected chi connectivity index (χ4v) is 1.28. The Bertz CT molecular complexity index is 72.8. The number of hydrogen-bond donors (Lipinski definition) is 1. The number of rotatable bonds is 4. The molecule has 1 N–H and O–H groups in total. The summed E-state index contributed by atoms with van der Waals surface area (Å²) in [5.41, 5.74) is 0. The van der Waals surface area contributed by atoms with Crippen molar-refractivity contribution in [2.45, 2.75) is 24.0 Å². The summed E-state index contributed by atoms with van der Waals surface area (Å²) in [6.07, 6.45) is 1.20. The zero-order valence-corrected chi connectivity index (χ0v) is 6.60. The first-order valence-corrected chi connectivity index (χ1v) is 5.40. The van der Waals surface area contributed by atoms with Gasteiger partial charge in [-0.1, -0.05) is 0 Å². The number of aliphatic carboxylic acids is 1. The van der Waals surface area contributed by atoms with Crippen molar-refractivity contribution in [1.29, 1.82) is 0 Å². The van der Waals surface area contributed by atoms with Crippen LogP contribution in [-0.2, 0) is 4.79 Å². The van der Waals surface area contributed by atoms with Crippen molar-refractivity contribution in [3.63, 3.8) is 0 Å². The topological polar surface area (TPSA) is 37.3 Å². The van der Waals surface area contributed by atoms with Crippen LogP contribution in [0.2, 0.25) is 11.1 Å². The van der Waals surface area contributed by atoms with Gasteiger partial charge >= 0.3 is 54.8 Å². The van der Waals surface area contributed by atoms with Gasteiger partial charge in [-0.2, -0.15) is 0 Å². The van der Waals surface area contributed by atoms with Crippen molar-refractivity contribution in [1.82, 2.24) is 0 Å². The third-order valence-corrected chi connectivity index (χ3v) is 2.20. The van der Waals surface area contributed by atoms with E-state index in [1.165, 1.54) is 0 Å². The molecule has 8 heavy (non-hydrogen) atoms. The van der Waals surface area contributed by atoms with Crippen LogP contribution in [0.3, 0.4) is 0 Å². The molecule has 0 fully saturated rings. The van der Waals surface area contributed by atoms with E-state index >= 15 is 0 Å². The molecule has 0 aliphatic carbocycles. The van der Waals surface area contributed by atoms with Crippen LogP contribution in [0, 0.1) is 0 Å². The van der Waals surface area contributed by atoms with Crippen LogP contribution in [0.15, 0.2) is 0 Å². The average molecular weight is 181 g/mol. The third kappa shape index (κ3) is 5.99. The fraction of sp³-hybridized carbons (Fsp3) is 0.800. The van der Waals surface area contributed by atoms with Gasteiger partial charge in [-0.15, -0.1) is 0 Å². The molecule has 0 unspecified atom stereocenters. The Morgan fingerprint density at radius 3 is 2.75 bits per heavy atom. The maximum atomic E-state index is 9.88. The Hall–Kier alpha value is -0.0105. The number of carbonyl (C=O) groups is 1. The summed E-state index contributed by atoms with van der Waals surface area (Å²) >= 11 is 0.648. The van der Waals surface area contributed by atoms with Crippen molar-refractivity contribution in [3.05, 3.63) is 0 Å². The summed E-state index contributed by atoms with van der Waals surface area (Å²) < 4.78 is 0. The maximum absolute atomic E-state index is 9.88. The Morgan fingerprint density at radius 2 is 2.38 bits per heavy atom. The molecule has 0 heterocycles. The predicted octanol–water partition coefficient (Wildman–Crippen LogP) is 1.02. The van der Waals surface area contributed by atoms with E-state index < -0.39 is 5.97 Å². The Balaban J connectivity index is 2.82. The van der Waals surface area contributed by atoms with E-state index in [9.17, 15) is 4.79 Å². The van der Waals surface area contributed by atoms with Crippen LogP contribution in [0.1, 0.15) is 12.8 Å². The number of carboxylic acids is 1. The first-order valence-electron chi connectivity index (χ1n) is 2.48. The van der Waals surface area contributed by atoms with Gasteiger partial charge in [-0.25, -0.2) is 0 Å². The van der Waals surface area contributed by atoms with E-state index in [1.54, 1.807) is 0 Å². The Kier molecular flexibility index (Phi) is 5.13. The fourth-order valence-electron chi connectivity index (χ4n) is 0.368. The normalized spacial score (nSPS) is 9.12. The standard InChI is InChI=1S/C5H10O2Se/c1-8-4-2-3-5(6)7/h2-4H2,1H3,(H,6,7). The van der Waals surface area contributed by atoms with Crippen LogP contribution in [-0.4, -0.2) is 26.0 Å². The minimum absolute atomic E-state index is 0.343. The summed E-state index contributed by atoms with van der Waals surface area (Å²) in [5, 5.41) is 9.24. The molecule has 2 nitrogen and oxygen atoms in total. The quantitative estimate of drug-likeness (QED) is 0.519. The molecule has 0 rings (SSSR count). The van der Waals surface area contributed by atoms with Gasteiger partial charge in [-0.3, -0.25) is 0 Å². The molecule has 0 saturated heterocycles. The summed E-state index contributed by atoms with van der Waals surface area (Å²) in [6, 6.07) is 0. The molecule has 0 bridgehead atoms. The first kappa shape index (κ1) is 7.99. The van der Waals surface area contributed by atoms with Crippen LogP contribution >= 0.6 is 0 Å². The average Bonchev–Trinajstić information content (AvgIpc) is 1.66. The van der Waals surface area contributed by atoms with Crippen LogP contribution in [0.4, 0.5) is 0 Å². The minimum atomic E-state index is -0.672. The van der Waals surface area contributed by atoms with Gasteiger partial charge in [0, 0.05) is 0 Å². The molecular weight excluding hydrogens is 171 g/mol. The molecule has 0 radical (unpaired) electrons. The molecule has 0 atom stereocenters. The van der Waals surface area contributed by atoms with Gasteiger partial charge in [-0.05, 0) is 0 Å². The monoisotopic (exact) mass is 182 g/mol. The molecular formula is C5H10O2Se. The van der Waals surface area contributed by atoms with Crippen molar-refractivity contribution in [2.24, 2.45) is 0 Å². The van der Waals surface area contributed by atoms with Crippen LogP contribution in [0.25, 0.3) is 0 Å². The molecule has 0 saturated carbocycles. The number of carboxylic acid groups (broad SMARTS) is 1. The summed E-state index contributed by atoms with van der Waals surface area (Å²) in [5.74, 6) is 1.45. The molecule has 0 aliphatic rings. The van der Waals surface area contributed by atoms with Crippen molar-refractivity contribution in [3.8, 4) is 0 Å². The Labute approximate surface area is 55.4 Å². The van der Waals surface area contributed by atoms with E-state index in [4.69, 9.17) is 5.11 Å². The van der Waals surface area contributed by atoms with E-state index in [2.05, 4.69) is 5.82 Å². The zero-order valence-electron chi connectivity index (χ0n) is 4.89. The van der Waals surface area contributed by atoms with E-state index in [0.29, 0.717) is 21.4 Å². The molecule has 0 aliphatic heterocycles. The zero-order chi connectivity index (χ0) is 6.41. The predicted molar refractivity (Wildman–Crippen MR) is 33.3 cm³/mol. The van der Waals surface area contributed by atoms with Gasteiger partial charge in [0.1, 0.15) is 0 Å². The first-order chi connectivity index (χ1) is 3.77. The second kappa shape index (κ2) is 5.13. The van der Waals surface area contributed by atoms with Gasteiger partial charge in [0.15, 0.2) is 0 Å². The van der Waals surface area contributed by atoms with E-state index in [1.807, 2.05) is 0 Å². The van der Waals surface area contributed by atoms with E-state index in [-0.39, 0.29) is 0 Å². The second-order valence-electron chi connectivity index (χ2n) is 1.49. The van der Waals surface area contributed by atoms with Crippen molar-refractivity contribution < 1.29 is 9.90 Å². The van der Waals surface area contributed by atoms with Crippen molar-refractivity contribution >= 4 is 20.9 Å². The summed E-state index contributed by atoms with van der Waals surface area (Å²) in [4.78, 5) is 9.88. The van der Waals surface area contributed by atoms with Gasteiger partial charge in [0.25, 0.3) is 0 Å². The molecule has 0 spiro atoms. The van der Waals surface area contributed by atoms with Crippen molar-refractivity contribution in [2.75, 3.05) is 0 Å². The van der Waals surface area contributed by atoms with Gasteiger partial charge in [0.2, 0.25) is 0 Å². The molecule has 0 aromatic rings. The SMILES string of the molecule is C[Se]CCCC(=O)O. The molecule has 48 valence electrons. The number of hydrogen-bond acceptors (Lipinski definition) is 1. The Morgan fingerprint density at radius 1 is 1.75 bits per heavy atom. The summed E-state index contributed by atoms with van der Waals surface area (Å²) in [6.45, 7) is 0. The van der Waals surface area contributed by atoms with Gasteiger partial charge in [0.05, 0.1) is 0 Å². The molecule has 0 amide bonds. The molecule has 0 aromatic carbocycles. The molecule has 3 heteroatoms.